The fourth-order valence-electron chi connectivity index (χ4n) is 4.91. The van der Waals surface area contributed by atoms with Gasteiger partial charge in [-0.15, -0.1) is 0 Å². The van der Waals surface area contributed by atoms with E-state index in [2.05, 4.69) is 66.7 Å². The van der Waals surface area contributed by atoms with E-state index in [1.54, 1.807) is 0 Å². The predicted octanol–water partition coefficient (Wildman–Crippen LogP) is 9.04. The van der Waals surface area contributed by atoms with Gasteiger partial charge in [0.2, 0.25) is 0 Å². The van der Waals surface area contributed by atoms with E-state index in [1.165, 1.54) is 5.56 Å². The standard InChI is InChI=1S/C34H22N2O/c1-4-11-23(12-5-1)26-19-20-31-28(21-26)33-27(17-10-18-32(33)37-31)30-22-29(24-13-6-2-7-14-24)35-34(36-30)25-15-8-3-9-16-25/h1-22H. The van der Waals surface area contributed by atoms with Gasteiger partial charge in [0.05, 0.1) is 11.4 Å². The van der Waals surface area contributed by atoms with Crippen molar-refractivity contribution in [1.29, 1.82) is 0 Å². The van der Waals surface area contributed by atoms with Crippen molar-refractivity contribution < 1.29 is 4.42 Å². The molecule has 0 fully saturated rings. The van der Waals surface area contributed by atoms with Gasteiger partial charge in [-0.05, 0) is 35.4 Å². The first-order chi connectivity index (χ1) is 18.3. The normalized spacial score (nSPS) is 11.2. The number of rotatable bonds is 4. The first-order valence-corrected chi connectivity index (χ1v) is 12.3. The molecule has 7 aromatic rings. The van der Waals surface area contributed by atoms with Gasteiger partial charge in [0.25, 0.3) is 0 Å². The number of fused-ring (bicyclic) bond motifs is 3. The highest BCUT2D eigenvalue weighted by Crippen LogP contribution is 2.39. The molecule has 5 aromatic carbocycles. The molecule has 0 aliphatic carbocycles. The maximum Gasteiger partial charge on any atom is 0.160 e. The van der Waals surface area contributed by atoms with Crippen LogP contribution in [-0.4, -0.2) is 9.97 Å². The summed E-state index contributed by atoms with van der Waals surface area (Å²) >= 11 is 0. The van der Waals surface area contributed by atoms with E-state index in [0.29, 0.717) is 5.82 Å². The summed E-state index contributed by atoms with van der Waals surface area (Å²) < 4.78 is 6.29. The molecule has 0 spiro atoms. The molecule has 0 saturated heterocycles. The molecule has 7 rings (SSSR count). The Labute approximate surface area is 214 Å². The molecule has 37 heavy (non-hydrogen) atoms. The second kappa shape index (κ2) is 8.89. The van der Waals surface area contributed by atoms with E-state index in [9.17, 15) is 0 Å². The average molecular weight is 475 g/mol. The third kappa shape index (κ3) is 3.87. The van der Waals surface area contributed by atoms with E-state index in [1.807, 2.05) is 66.7 Å². The number of nitrogens with zero attached hydrogens (tertiary/aromatic N) is 2. The summed E-state index contributed by atoms with van der Waals surface area (Å²) in [6.07, 6.45) is 0. The Morgan fingerprint density at radius 1 is 0.432 bits per heavy atom. The Balaban J connectivity index is 1.49. The lowest BCUT2D eigenvalue weighted by Crippen LogP contribution is -1.96. The lowest BCUT2D eigenvalue weighted by molar-refractivity contribution is 0.669. The molecule has 0 aliphatic heterocycles. The lowest BCUT2D eigenvalue weighted by Gasteiger charge is -2.10. The molecular formula is C34H22N2O. The van der Waals surface area contributed by atoms with Gasteiger partial charge in [-0.25, -0.2) is 9.97 Å². The van der Waals surface area contributed by atoms with Crippen LogP contribution in [0.1, 0.15) is 0 Å². The van der Waals surface area contributed by atoms with Gasteiger partial charge in [-0.1, -0.05) is 109 Å². The van der Waals surface area contributed by atoms with Crippen LogP contribution in [0.25, 0.3) is 67.0 Å². The van der Waals surface area contributed by atoms with E-state index < -0.39 is 0 Å². The van der Waals surface area contributed by atoms with Crippen LogP contribution in [0.15, 0.2) is 138 Å². The average Bonchev–Trinajstić information content (AvgIpc) is 3.36. The van der Waals surface area contributed by atoms with E-state index in [0.717, 1.165) is 55.6 Å². The quantitative estimate of drug-likeness (QED) is 0.255. The zero-order chi connectivity index (χ0) is 24.6. The topological polar surface area (TPSA) is 38.9 Å². The van der Waals surface area contributed by atoms with Gasteiger partial charge < -0.3 is 4.42 Å². The molecular weight excluding hydrogens is 452 g/mol. The summed E-state index contributed by atoms with van der Waals surface area (Å²) in [6, 6.07) is 45.5. The van der Waals surface area contributed by atoms with Crippen LogP contribution in [0.2, 0.25) is 0 Å². The van der Waals surface area contributed by atoms with Crippen molar-refractivity contribution in [3.05, 3.63) is 133 Å². The molecule has 3 heteroatoms. The Morgan fingerprint density at radius 3 is 1.81 bits per heavy atom. The van der Waals surface area contributed by atoms with Crippen LogP contribution in [0.5, 0.6) is 0 Å². The van der Waals surface area contributed by atoms with Crippen molar-refractivity contribution in [3.63, 3.8) is 0 Å². The third-order valence-corrected chi connectivity index (χ3v) is 6.71. The molecule has 0 unspecified atom stereocenters. The number of furan rings is 1. The molecule has 0 amide bonds. The summed E-state index contributed by atoms with van der Waals surface area (Å²) in [6.45, 7) is 0. The zero-order valence-corrected chi connectivity index (χ0v) is 20.0. The smallest absolute Gasteiger partial charge is 0.160 e. The molecule has 0 saturated carbocycles. The van der Waals surface area contributed by atoms with Crippen molar-refractivity contribution in [3.8, 4) is 45.0 Å². The summed E-state index contributed by atoms with van der Waals surface area (Å²) in [7, 11) is 0. The van der Waals surface area contributed by atoms with Gasteiger partial charge in [0, 0.05) is 27.5 Å². The van der Waals surface area contributed by atoms with Crippen molar-refractivity contribution in [2.24, 2.45) is 0 Å². The largest absolute Gasteiger partial charge is 0.456 e. The molecule has 0 aliphatic rings. The van der Waals surface area contributed by atoms with Crippen LogP contribution in [0.4, 0.5) is 0 Å². The van der Waals surface area contributed by atoms with Gasteiger partial charge in [0.1, 0.15) is 11.2 Å². The first-order valence-electron chi connectivity index (χ1n) is 12.3. The monoisotopic (exact) mass is 474 g/mol. The summed E-state index contributed by atoms with van der Waals surface area (Å²) in [5.74, 6) is 0.701. The highest BCUT2D eigenvalue weighted by atomic mass is 16.3. The number of benzene rings is 5. The minimum atomic E-state index is 0.701. The van der Waals surface area contributed by atoms with E-state index in [-0.39, 0.29) is 0 Å². The highest BCUT2D eigenvalue weighted by molar-refractivity contribution is 6.13. The highest BCUT2D eigenvalue weighted by Gasteiger charge is 2.17. The molecule has 0 N–H and O–H groups in total. The first kappa shape index (κ1) is 21.3. The fourth-order valence-corrected chi connectivity index (χ4v) is 4.91. The SMILES string of the molecule is c1ccc(-c2ccc3oc4cccc(-c5cc(-c6ccccc6)nc(-c6ccccc6)n5)c4c3c2)cc1. The third-order valence-electron chi connectivity index (χ3n) is 6.71. The maximum absolute atomic E-state index is 6.29. The van der Waals surface area contributed by atoms with E-state index in [4.69, 9.17) is 14.4 Å². The summed E-state index contributed by atoms with van der Waals surface area (Å²) in [5, 5.41) is 2.14. The maximum atomic E-state index is 6.29. The molecule has 0 atom stereocenters. The number of hydrogen-bond acceptors (Lipinski definition) is 3. The van der Waals surface area contributed by atoms with Crippen molar-refractivity contribution >= 4 is 21.9 Å². The van der Waals surface area contributed by atoms with Crippen LogP contribution in [0, 0.1) is 0 Å². The van der Waals surface area contributed by atoms with Gasteiger partial charge in [0.15, 0.2) is 5.82 Å². The lowest BCUT2D eigenvalue weighted by atomic mass is 9.99. The minimum absolute atomic E-state index is 0.701. The molecule has 0 bridgehead atoms. The fraction of sp³-hybridized carbons (Fsp3) is 0. The van der Waals surface area contributed by atoms with Crippen molar-refractivity contribution in [2.75, 3.05) is 0 Å². The van der Waals surface area contributed by atoms with Crippen LogP contribution in [0.3, 0.4) is 0 Å². The second-order valence-electron chi connectivity index (χ2n) is 9.05. The van der Waals surface area contributed by atoms with Gasteiger partial charge in [-0.3, -0.25) is 0 Å². The molecule has 2 heterocycles. The van der Waals surface area contributed by atoms with Crippen LogP contribution < -0.4 is 0 Å². The second-order valence-corrected chi connectivity index (χ2v) is 9.05. The van der Waals surface area contributed by atoms with Crippen LogP contribution in [-0.2, 0) is 0 Å². The van der Waals surface area contributed by atoms with Crippen LogP contribution >= 0.6 is 0 Å². The molecule has 3 nitrogen and oxygen atoms in total. The van der Waals surface area contributed by atoms with Gasteiger partial charge >= 0.3 is 0 Å². The molecule has 2 aromatic heterocycles. The zero-order valence-electron chi connectivity index (χ0n) is 20.0. The van der Waals surface area contributed by atoms with Crippen molar-refractivity contribution in [1.82, 2.24) is 9.97 Å². The predicted molar refractivity (Wildman–Crippen MR) is 151 cm³/mol. The summed E-state index contributed by atoms with van der Waals surface area (Å²) in [4.78, 5) is 10.0. The Morgan fingerprint density at radius 2 is 1.08 bits per heavy atom. The summed E-state index contributed by atoms with van der Waals surface area (Å²) in [5.41, 5.74) is 8.86. The molecule has 174 valence electrons. The Bertz CT molecular complexity index is 1800. The minimum Gasteiger partial charge on any atom is -0.456 e. The Kier molecular flexibility index (Phi) is 5.11. The number of hydrogen-bond donors (Lipinski definition) is 0. The van der Waals surface area contributed by atoms with Gasteiger partial charge in [-0.2, -0.15) is 0 Å². The molecule has 0 radical (unpaired) electrons. The Hall–Kier alpha value is -5.02. The van der Waals surface area contributed by atoms with Crippen molar-refractivity contribution in [2.45, 2.75) is 0 Å². The number of aromatic nitrogens is 2. The van der Waals surface area contributed by atoms with E-state index >= 15 is 0 Å².